The molecule has 1 N–H and O–H groups in total. The lowest BCUT2D eigenvalue weighted by Crippen LogP contribution is -2.10. The lowest BCUT2D eigenvalue weighted by atomic mass is 10.1. The van der Waals surface area contributed by atoms with E-state index in [2.05, 4.69) is 0 Å². The van der Waals surface area contributed by atoms with Crippen molar-refractivity contribution in [1.29, 1.82) is 0 Å². The van der Waals surface area contributed by atoms with Crippen LogP contribution in [0.5, 0.6) is 0 Å². The Labute approximate surface area is 87.7 Å². The molecule has 2 heteroatoms. The molecule has 0 spiro atoms. The number of rotatable bonds is 9. The van der Waals surface area contributed by atoms with Crippen molar-refractivity contribution in [3.8, 4) is 0 Å². The van der Waals surface area contributed by atoms with Gasteiger partial charge in [-0.3, -0.25) is 0 Å². The predicted octanol–water partition coefficient (Wildman–Crippen LogP) is 2.74. The second-order valence-electron chi connectivity index (χ2n) is 4.57. The van der Waals surface area contributed by atoms with Crippen LogP contribution in [-0.2, 0) is 4.74 Å². The number of unbranched alkanes of at least 4 members (excludes halogenated alkanes) is 3. The van der Waals surface area contributed by atoms with Crippen LogP contribution in [0.3, 0.4) is 0 Å². The lowest BCUT2D eigenvalue weighted by molar-refractivity contribution is 0.0445. The summed E-state index contributed by atoms with van der Waals surface area (Å²) in [6.07, 6.45) is 9.30. The Morgan fingerprint density at radius 3 is 2.57 bits per heavy atom. The molecule has 0 aromatic heterocycles. The van der Waals surface area contributed by atoms with E-state index >= 15 is 0 Å². The van der Waals surface area contributed by atoms with Crippen LogP contribution in [0, 0.1) is 5.92 Å². The Hall–Kier alpha value is -0.0800. The normalized spacial score (nSPS) is 18.4. The molecule has 0 radical (unpaired) electrons. The Morgan fingerprint density at radius 2 is 1.93 bits per heavy atom. The van der Waals surface area contributed by atoms with Crippen molar-refractivity contribution in [2.24, 2.45) is 5.92 Å². The Morgan fingerprint density at radius 1 is 1.21 bits per heavy atom. The molecule has 2 nitrogen and oxygen atoms in total. The zero-order valence-corrected chi connectivity index (χ0v) is 9.37. The van der Waals surface area contributed by atoms with Crippen molar-refractivity contribution in [2.45, 2.75) is 58.0 Å². The first-order chi connectivity index (χ1) is 6.79. The van der Waals surface area contributed by atoms with Crippen LogP contribution >= 0.6 is 0 Å². The first-order valence-electron chi connectivity index (χ1n) is 6.05. The van der Waals surface area contributed by atoms with Gasteiger partial charge in [0.2, 0.25) is 0 Å². The molecule has 0 aromatic rings. The van der Waals surface area contributed by atoms with E-state index in [0.29, 0.717) is 6.61 Å². The third-order valence-corrected chi connectivity index (χ3v) is 2.71. The SMILES string of the molecule is CC(O)COCCCCCCC1CC1. The van der Waals surface area contributed by atoms with E-state index in [4.69, 9.17) is 9.84 Å². The van der Waals surface area contributed by atoms with E-state index in [9.17, 15) is 0 Å². The van der Waals surface area contributed by atoms with Gasteiger partial charge >= 0.3 is 0 Å². The fourth-order valence-electron chi connectivity index (χ4n) is 1.65. The number of ether oxygens (including phenoxy) is 1. The topological polar surface area (TPSA) is 29.5 Å². The molecule has 0 saturated heterocycles. The third kappa shape index (κ3) is 7.34. The number of aliphatic hydroxyl groups excluding tert-OH is 1. The molecule has 1 aliphatic rings. The summed E-state index contributed by atoms with van der Waals surface area (Å²) in [5.74, 6) is 1.08. The molecule has 0 heterocycles. The van der Waals surface area contributed by atoms with Crippen LogP contribution in [0.2, 0.25) is 0 Å². The molecular weight excluding hydrogens is 176 g/mol. The van der Waals surface area contributed by atoms with Gasteiger partial charge in [0, 0.05) is 6.61 Å². The van der Waals surface area contributed by atoms with Crippen molar-refractivity contribution < 1.29 is 9.84 Å². The van der Waals surface area contributed by atoms with E-state index in [-0.39, 0.29) is 6.10 Å². The molecule has 0 aliphatic heterocycles. The van der Waals surface area contributed by atoms with Crippen LogP contribution in [0.15, 0.2) is 0 Å². The minimum absolute atomic E-state index is 0.315. The highest BCUT2D eigenvalue weighted by molar-refractivity contribution is 4.72. The van der Waals surface area contributed by atoms with Gasteiger partial charge in [-0.25, -0.2) is 0 Å². The second kappa shape index (κ2) is 7.24. The number of aliphatic hydroxyl groups is 1. The molecule has 0 amide bonds. The van der Waals surface area contributed by atoms with E-state index < -0.39 is 0 Å². The standard InChI is InChI=1S/C12H24O2/c1-11(13)10-14-9-5-3-2-4-6-12-7-8-12/h11-13H,2-10H2,1H3. The summed E-state index contributed by atoms with van der Waals surface area (Å²) in [6.45, 7) is 3.06. The fraction of sp³-hybridized carbons (Fsp3) is 1.00. The number of hydrogen-bond donors (Lipinski definition) is 1. The first kappa shape index (κ1) is 12.0. The molecule has 1 aliphatic carbocycles. The van der Waals surface area contributed by atoms with E-state index in [0.717, 1.165) is 18.9 Å². The van der Waals surface area contributed by atoms with Gasteiger partial charge < -0.3 is 9.84 Å². The van der Waals surface area contributed by atoms with Crippen molar-refractivity contribution in [1.82, 2.24) is 0 Å². The first-order valence-corrected chi connectivity index (χ1v) is 6.05. The molecule has 84 valence electrons. The zero-order valence-electron chi connectivity index (χ0n) is 9.37. The smallest absolute Gasteiger partial charge is 0.0745 e. The average molecular weight is 200 g/mol. The molecule has 1 saturated carbocycles. The quantitative estimate of drug-likeness (QED) is 0.580. The summed E-state index contributed by atoms with van der Waals surface area (Å²) in [7, 11) is 0. The Balaban J connectivity index is 1.66. The maximum absolute atomic E-state index is 8.94. The zero-order chi connectivity index (χ0) is 10.2. The van der Waals surface area contributed by atoms with Crippen molar-refractivity contribution in [3.05, 3.63) is 0 Å². The van der Waals surface area contributed by atoms with Crippen molar-refractivity contribution >= 4 is 0 Å². The van der Waals surface area contributed by atoms with Gasteiger partial charge in [-0.1, -0.05) is 38.5 Å². The second-order valence-corrected chi connectivity index (χ2v) is 4.57. The molecular formula is C12H24O2. The summed E-state index contributed by atoms with van der Waals surface area (Å²) >= 11 is 0. The molecule has 1 atom stereocenters. The predicted molar refractivity (Wildman–Crippen MR) is 58.3 cm³/mol. The van der Waals surface area contributed by atoms with Crippen LogP contribution in [0.4, 0.5) is 0 Å². The largest absolute Gasteiger partial charge is 0.391 e. The monoisotopic (exact) mass is 200 g/mol. The highest BCUT2D eigenvalue weighted by Crippen LogP contribution is 2.34. The van der Waals surface area contributed by atoms with Gasteiger partial charge in [-0.15, -0.1) is 0 Å². The maximum atomic E-state index is 8.94. The van der Waals surface area contributed by atoms with Crippen molar-refractivity contribution in [2.75, 3.05) is 13.2 Å². The molecule has 14 heavy (non-hydrogen) atoms. The van der Waals surface area contributed by atoms with Crippen LogP contribution < -0.4 is 0 Å². The molecule has 0 aromatic carbocycles. The van der Waals surface area contributed by atoms with Gasteiger partial charge in [0.1, 0.15) is 0 Å². The molecule has 1 unspecified atom stereocenters. The summed E-state index contributed by atoms with van der Waals surface area (Å²) in [5, 5.41) is 8.94. The molecule has 1 fully saturated rings. The van der Waals surface area contributed by atoms with Gasteiger partial charge in [0.15, 0.2) is 0 Å². The summed E-state index contributed by atoms with van der Waals surface area (Å²) in [5.41, 5.74) is 0. The number of hydrogen-bond acceptors (Lipinski definition) is 2. The highest BCUT2D eigenvalue weighted by Gasteiger charge is 2.19. The van der Waals surface area contributed by atoms with Gasteiger partial charge in [-0.2, -0.15) is 0 Å². The summed E-state index contributed by atoms with van der Waals surface area (Å²) < 4.78 is 5.29. The van der Waals surface area contributed by atoms with E-state index in [1.165, 1.54) is 38.5 Å². The summed E-state index contributed by atoms with van der Waals surface area (Å²) in [4.78, 5) is 0. The Kier molecular flexibility index (Phi) is 6.20. The molecule has 1 rings (SSSR count). The van der Waals surface area contributed by atoms with E-state index in [1.54, 1.807) is 6.92 Å². The van der Waals surface area contributed by atoms with Gasteiger partial charge in [0.05, 0.1) is 12.7 Å². The third-order valence-electron chi connectivity index (χ3n) is 2.71. The van der Waals surface area contributed by atoms with Gasteiger partial charge in [-0.05, 0) is 19.3 Å². The fourth-order valence-corrected chi connectivity index (χ4v) is 1.65. The lowest BCUT2D eigenvalue weighted by Gasteiger charge is -2.05. The van der Waals surface area contributed by atoms with Gasteiger partial charge in [0.25, 0.3) is 0 Å². The maximum Gasteiger partial charge on any atom is 0.0745 e. The molecule has 0 bridgehead atoms. The summed E-state index contributed by atoms with van der Waals surface area (Å²) in [6, 6.07) is 0. The van der Waals surface area contributed by atoms with E-state index in [1.807, 2.05) is 0 Å². The van der Waals surface area contributed by atoms with Crippen molar-refractivity contribution in [3.63, 3.8) is 0 Å². The average Bonchev–Trinajstić information content (AvgIpc) is 2.92. The van der Waals surface area contributed by atoms with Crippen LogP contribution in [0.25, 0.3) is 0 Å². The van der Waals surface area contributed by atoms with Crippen LogP contribution in [-0.4, -0.2) is 24.4 Å². The minimum atomic E-state index is -0.315. The minimum Gasteiger partial charge on any atom is -0.391 e. The Bertz CT molecular complexity index is 122. The highest BCUT2D eigenvalue weighted by atomic mass is 16.5. The van der Waals surface area contributed by atoms with Crippen LogP contribution in [0.1, 0.15) is 51.9 Å².